The van der Waals surface area contributed by atoms with Gasteiger partial charge in [-0.15, -0.1) is 0 Å². The smallest absolute Gasteiger partial charge is 0.312 e. The topological polar surface area (TPSA) is 69.6 Å². The molecule has 1 rings (SSSR count). The predicted molar refractivity (Wildman–Crippen MR) is 57.5 cm³/mol. The number of carboxylic acids is 1. The number of aliphatic hydroxyl groups excluding tert-OH is 1. The summed E-state index contributed by atoms with van der Waals surface area (Å²) in [6.07, 6.45) is 0. The minimum absolute atomic E-state index is 0.154. The highest BCUT2D eigenvalue weighted by Gasteiger charge is 2.50. The summed E-state index contributed by atoms with van der Waals surface area (Å²) in [5.74, 6) is -4.65. The third kappa shape index (κ3) is 1.92. The highest BCUT2D eigenvalue weighted by atomic mass is 16.4. The van der Waals surface area contributed by atoms with E-state index in [9.17, 15) is 15.0 Å². The molecule has 3 N–H and O–H groups in total. The fourth-order valence-electron chi connectivity index (χ4n) is 1.50. The molecule has 1 unspecified atom stereocenters. The average molecular weight is 219 g/mol. The molecule has 0 saturated carbocycles. The number of carbonyl (C=O) groups is 1. The molecular formula is C11H19NO3. The summed E-state index contributed by atoms with van der Waals surface area (Å²) in [5, 5.41) is 19.4. The van der Waals surface area contributed by atoms with Gasteiger partial charge in [0, 0.05) is 10.6 Å². The molecule has 0 bridgehead atoms. The zero-order valence-electron chi connectivity index (χ0n) is 15.0. The van der Waals surface area contributed by atoms with Gasteiger partial charge in [-0.25, -0.2) is 0 Å². The summed E-state index contributed by atoms with van der Waals surface area (Å²) >= 11 is 0. The van der Waals surface area contributed by atoms with E-state index < -0.39 is 48.0 Å². The lowest BCUT2D eigenvalue weighted by molar-refractivity contribution is -0.146. The van der Waals surface area contributed by atoms with Gasteiger partial charge < -0.3 is 15.5 Å². The van der Waals surface area contributed by atoms with Crippen LogP contribution in [0.4, 0.5) is 0 Å². The van der Waals surface area contributed by atoms with Crippen molar-refractivity contribution in [3.8, 4) is 0 Å². The molecule has 0 aliphatic carbocycles. The van der Waals surface area contributed by atoms with Gasteiger partial charge >= 0.3 is 5.97 Å². The maximum Gasteiger partial charge on any atom is 0.312 e. The summed E-state index contributed by atoms with van der Waals surface area (Å²) in [6, 6.07) is -2.13. The molecule has 1 aliphatic rings. The van der Waals surface area contributed by atoms with Crippen LogP contribution in [0.1, 0.15) is 27.6 Å². The number of carboxylic acid groups (broad SMARTS) is 1. The molecule has 4 nitrogen and oxygen atoms in total. The van der Waals surface area contributed by atoms with E-state index in [1.54, 1.807) is 0 Å². The van der Waals surface area contributed by atoms with E-state index in [-0.39, 0.29) is 5.31 Å². The van der Waals surface area contributed by atoms with Crippen molar-refractivity contribution in [3.63, 3.8) is 0 Å². The number of aliphatic hydroxyl groups is 1. The van der Waals surface area contributed by atoms with Crippen LogP contribution >= 0.6 is 0 Å². The Kier molecular flexibility index (Phi) is 1.58. The van der Waals surface area contributed by atoms with E-state index in [1.807, 2.05) is 0 Å². The molecule has 86 valence electrons. The van der Waals surface area contributed by atoms with Crippen molar-refractivity contribution < 1.29 is 23.3 Å². The van der Waals surface area contributed by atoms with Crippen molar-refractivity contribution >= 4 is 5.97 Å². The normalized spacial score (nSPS) is 48.3. The van der Waals surface area contributed by atoms with Gasteiger partial charge in [0.25, 0.3) is 0 Å². The number of hydrogen-bond donors (Lipinski definition) is 3. The first kappa shape index (κ1) is 6.01. The second-order valence-electron chi connectivity index (χ2n) is 4.42. The van der Waals surface area contributed by atoms with Crippen LogP contribution in [0.25, 0.3) is 0 Å². The first-order valence-corrected chi connectivity index (χ1v) is 4.54. The Balaban J connectivity index is 3.95. The third-order valence-corrected chi connectivity index (χ3v) is 2.59. The Morgan fingerprint density at radius 1 is 1.93 bits per heavy atom. The third-order valence-electron chi connectivity index (χ3n) is 2.59. The van der Waals surface area contributed by atoms with Gasteiger partial charge in [0.2, 0.25) is 0 Å². The Morgan fingerprint density at radius 3 is 2.93 bits per heavy atom. The summed E-state index contributed by atoms with van der Waals surface area (Å²) < 4.78 is 47.2. The van der Waals surface area contributed by atoms with Crippen LogP contribution < -0.4 is 5.31 Å². The summed E-state index contributed by atoms with van der Waals surface area (Å²) in [7, 11) is 0. The minimum Gasteiger partial charge on any atom is -0.481 e. The van der Waals surface area contributed by atoms with E-state index in [2.05, 4.69) is 0 Å². The minimum atomic E-state index is -2.84. The monoisotopic (exact) mass is 219 g/mol. The second kappa shape index (κ2) is 3.94. The quantitative estimate of drug-likeness (QED) is 0.596. The molecule has 0 aromatic heterocycles. The molecule has 0 saturated heterocycles. The first-order valence-electron chi connectivity index (χ1n) is 7.49. The van der Waals surface area contributed by atoms with Crippen molar-refractivity contribution in [1.82, 2.24) is 5.31 Å². The van der Waals surface area contributed by atoms with Crippen LogP contribution in [0.5, 0.6) is 0 Å². The van der Waals surface area contributed by atoms with Crippen LogP contribution in [0.15, 0.2) is 12.1 Å². The van der Waals surface area contributed by atoms with E-state index in [4.69, 9.17) is 8.27 Å². The molecular weight excluding hydrogens is 194 g/mol. The van der Waals surface area contributed by atoms with Gasteiger partial charge in [-0.3, -0.25) is 4.79 Å². The fourth-order valence-corrected chi connectivity index (χ4v) is 1.50. The van der Waals surface area contributed by atoms with Crippen LogP contribution in [-0.2, 0) is 4.79 Å². The maximum absolute atomic E-state index is 11.6. The molecule has 0 amide bonds. The first-order chi connectivity index (χ1) is 9.22. The Labute approximate surface area is 98.5 Å². The number of nitrogens with one attached hydrogen (secondary N) is 1. The van der Waals surface area contributed by atoms with E-state index in [1.165, 1.54) is 20.8 Å². The zero-order valence-corrected chi connectivity index (χ0v) is 8.96. The fraction of sp³-hybridized carbons (Fsp3) is 0.727. The summed E-state index contributed by atoms with van der Waals surface area (Å²) in [5.41, 5.74) is -3.47. The van der Waals surface area contributed by atoms with Crippen molar-refractivity contribution in [2.75, 3.05) is 13.1 Å². The summed E-state index contributed by atoms with van der Waals surface area (Å²) in [4.78, 5) is 11.6. The molecule has 0 aromatic carbocycles. The Hall–Kier alpha value is -0.870. The van der Waals surface area contributed by atoms with Gasteiger partial charge in [0.1, 0.15) is 1.41 Å². The standard InChI is InChI=1S/C11H19NO3/c1-10(2,3)11(7-13)8(9(14)15)5-4-6-12-11/h4-5,8,12-13H,6-7H2,1-3H3,(H,14,15)/t8?,11-/m1/s1/i4D,5D,6D2,8D/hD. The number of hydrogen-bond acceptors (Lipinski definition) is 3. The van der Waals surface area contributed by atoms with Gasteiger partial charge in [-0.2, -0.15) is 0 Å². The molecule has 0 fully saturated rings. The van der Waals surface area contributed by atoms with Crippen LogP contribution in [0.3, 0.4) is 0 Å². The van der Waals surface area contributed by atoms with E-state index >= 15 is 0 Å². The van der Waals surface area contributed by atoms with E-state index in [0.717, 1.165) is 0 Å². The average Bonchev–Trinajstić information content (AvgIpc) is 2.34. The van der Waals surface area contributed by atoms with Crippen molar-refractivity contribution in [3.05, 3.63) is 12.1 Å². The van der Waals surface area contributed by atoms with Crippen molar-refractivity contribution in [2.45, 2.75) is 26.3 Å². The molecule has 1 heterocycles. The summed E-state index contributed by atoms with van der Waals surface area (Å²) in [6.45, 7) is 0.554. The molecule has 0 spiro atoms. The van der Waals surface area contributed by atoms with Gasteiger partial charge in [0.15, 0.2) is 0 Å². The second-order valence-corrected chi connectivity index (χ2v) is 4.42. The van der Waals surface area contributed by atoms with Crippen molar-refractivity contribution in [2.24, 2.45) is 11.3 Å². The number of aliphatic carboxylic acids is 1. The van der Waals surface area contributed by atoms with Crippen LogP contribution in [0, 0.1) is 11.3 Å². The molecule has 0 radical (unpaired) electrons. The maximum atomic E-state index is 11.6. The SMILES string of the molecule is [2H]C1=C([2H])C([2H])(C(=O)O)[C@](CO)(C(C)(C)C)N([2H])C1([2H])[2H]. The Bertz CT molecular complexity index is 503. The molecule has 15 heavy (non-hydrogen) atoms. The largest absolute Gasteiger partial charge is 0.481 e. The molecule has 2 atom stereocenters. The Morgan fingerprint density at radius 2 is 2.53 bits per heavy atom. The molecule has 1 aliphatic heterocycles. The van der Waals surface area contributed by atoms with Crippen LogP contribution in [0.2, 0.25) is 1.41 Å². The molecule has 0 aromatic rings. The lowest BCUT2D eigenvalue weighted by Gasteiger charge is -2.48. The van der Waals surface area contributed by atoms with Gasteiger partial charge in [-0.05, 0) is 5.41 Å². The highest BCUT2D eigenvalue weighted by molar-refractivity contribution is 5.74. The highest BCUT2D eigenvalue weighted by Crippen LogP contribution is 2.38. The number of rotatable bonds is 2. The van der Waals surface area contributed by atoms with Gasteiger partial charge in [-0.1, -0.05) is 32.9 Å². The zero-order chi connectivity index (χ0) is 17.0. The lowest BCUT2D eigenvalue weighted by Crippen LogP contribution is -2.65. The van der Waals surface area contributed by atoms with Crippen molar-refractivity contribution in [1.29, 1.82) is 0 Å². The van der Waals surface area contributed by atoms with Gasteiger partial charge in [0.05, 0.1) is 20.8 Å². The molecule has 4 heteroatoms. The predicted octanol–water partition coefficient (Wildman–Crippen LogP) is 0.624. The van der Waals surface area contributed by atoms with Crippen LogP contribution in [-0.4, -0.2) is 34.8 Å². The lowest BCUT2D eigenvalue weighted by atomic mass is 9.65. The van der Waals surface area contributed by atoms with E-state index in [0.29, 0.717) is 0 Å².